The molecule has 1 aromatic carbocycles. The first-order valence-electron chi connectivity index (χ1n) is 6.14. The minimum absolute atomic E-state index is 0.837. The quantitative estimate of drug-likeness (QED) is 0.775. The van der Waals surface area contributed by atoms with Crippen LogP contribution < -0.4 is 4.74 Å². The van der Waals surface area contributed by atoms with Crippen LogP contribution in [0.3, 0.4) is 0 Å². The summed E-state index contributed by atoms with van der Waals surface area (Å²) in [7, 11) is 1.75. The Hall–Kier alpha value is -1.02. The zero-order chi connectivity index (χ0) is 11.4. The third-order valence-electron chi connectivity index (χ3n) is 3.33. The van der Waals surface area contributed by atoms with Crippen LogP contribution in [0.25, 0.3) is 0 Å². The van der Waals surface area contributed by atoms with E-state index in [1.807, 2.05) is 12.1 Å². The fourth-order valence-electron chi connectivity index (χ4n) is 2.50. The number of piperidine rings is 1. The Labute approximate surface area is 98.2 Å². The summed E-state index contributed by atoms with van der Waals surface area (Å²) in [6.07, 6.45) is 2.71. The van der Waals surface area contributed by atoms with Crippen molar-refractivity contribution in [2.75, 3.05) is 20.2 Å². The second-order valence-corrected chi connectivity index (χ2v) is 4.79. The third-order valence-corrected chi connectivity index (χ3v) is 3.33. The molecule has 88 valence electrons. The van der Waals surface area contributed by atoms with Gasteiger partial charge in [0.15, 0.2) is 0 Å². The van der Waals surface area contributed by atoms with Crippen molar-refractivity contribution in [2.24, 2.45) is 5.92 Å². The van der Waals surface area contributed by atoms with E-state index in [9.17, 15) is 0 Å². The molecule has 0 aromatic heterocycles. The van der Waals surface area contributed by atoms with Gasteiger partial charge in [0.1, 0.15) is 5.75 Å². The van der Waals surface area contributed by atoms with Crippen molar-refractivity contribution in [3.05, 3.63) is 29.8 Å². The fourth-order valence-corrected chi connectivity index (χ4v) is 2.50. The lowest BCUT2D eigenvalue weighted by Gasteiger charge is -2.31. The van der Waals surface area contributed by atoms with Gasteiger partial charge in [-0.3, -0.25) is 4.90 Å². The number of likely N-dealkylation sites (tertiary alicyclic amines) is 1. The van der Waals surface area contributed by atoms with Crippen LogP contribution in [0.15, 0.2) is 24.3 Å². The zero-order valence-electron chi connectivity index (χ0n) is 10.3. The molecule has 1 aliphatic rings. The smallest absolute Gasteiger partial charge is 0.123 e. The highest BCUT2D eigenvalue weighted by atomic mass is 16.5. The van der Waals surface area contributed by atoms with Gasteiger partial charge in [-0.1, -0.05) is 25.1 Å². The van der Waals surface area contributed by atoms with Crippen LogP contribution in [-0.2, 0) is 6.54 Å². The molecule has 0 amide bonds. The summed E-state index contributed by atoms with van der Waals surface area (Å²) >= 11 is 0. The van der Waals surface area contributed by atoms with Gasteiger partial charge in [0.25, 0.3) is 0 Å². The molecule has 0 unspecified atom stereocenters. The minimum atomic E-state index is 0.837. The average Bonchev–Trinajstić information content (AvgIpc) is 2.30. The van der Waals surface area contributed by atoms with Crippen LogP contribution >= 0.6 is 0 Å². The number of methoxy groups -OCH3 is 1. The first kappa shape index (κ1) is 11.5. The van der Waals surface area contributed by atoms with Gasteiger partial charge in [-0.15, -0.1) is 0 Å². The zero-order valence-corrected chi connectivity index (χ0v) is 10.3. The first-order chi connectivity index (χ1) is 7.79. The van der Waals surface area contributed by atoms with Crippen molar-refractivity contribution in [2.45, 2.75) is 26.3 Å². The first-order valence-corrected chi connectivity index (χ1v) is 6.14. The molecule has 1 aliphatic heterocycles. The molecule has 0 N–H and O–H groups in total. The predicted octanol–water partition coefficient (Wildman–Crippen LogP) is 2.93. The fraction of sp³-hybridized carbons (Fsp3) is 0.571. The molecule has 0 radical (unpaired) electrons. The molecule has 16 heavy (non-hydrogen) atoms. The number of nitrogens with zero attached hydrogens (tertiary/aromatic N) is 1. The van der Waals surface area contributed by atoms with E-state index in [-0.39, 0.29) is 0 Å². The summed E-state index contributed by atoms with van der Waals surface area (Å²) in [4.78, 5) is 2.53. The van der Waals surface area contributed by atoms with Gasteiger partial charge in [-0.2, -0.15) is 0 Å². The highest BCUT2D eigenvalue weighted by Gasteiger charge is 2.17. The van der Waals surface area contributed by atoms with Crippen LogP contribution in [0.1, 0.15) is 25.3 Å². The topological polar surface area (TPSA) is 12.5 Å². The molecule has 2 heteroatoms. The lowest BCUT2D eigenvalue weighted by Crippen LogP contribution is -2.33. The standard InChI is InChI=1S/C14H21NO/c1-12-6-5-9-15(10-12)11-13-7-3-4-8-14(13)16-2/h3-4,7-8,12H,5-6,9-11H2,1-2H3/t12-/m1/s1. The summed E-state index contributed by atoms with van der Waals surface area (Å²) in [5.74, 6) is 1.85. The minimum Gasteiger partial charge on any atom is -0.496 e. The van der Waals surface area contributed by atoms with Crippen molar-refractivity contribution in [3.8, 4) is 5.75 Å². The van der Waals surface area contributed by atoms with E-state index in [4.69, 9.17) is 4.74 Å². The lowest BCUT2D eigenvalue weighted by molar-refractivity contribution is 0.175. The largest absolute Gasteiger partial charge is 0.496 e. The number of ether oxygens (including phenoxy) is 1. The number of hydrogen-bond acceptors (Lipinski definition) is 2. The van der Waals surface area contributed by atoms with Crippen molar-refractivity contribution in [3.63, 3.8) is 0 Å². The third kappa shape index (κ3) is 2.76. The summed E-state index contributed by atoms with van der Waals surface area (Å²) < 4.78 is 5.39. The highest BCUT2D eigenvalue weighted by Crippen LogP contribution is 2.22. The second kappa shape index (κ2) is 5.35. The number of hydrogen-bond donors (Lipinski definition) is 0. The van der Waals surface area contributed by atoms with Crippen LogP contribution in [0.5, 0.6) is 5.75 Å². The van der Waals surface area contributed by atoms with E-state index in [1.54, 1.807) is 7.11 Å². The van der Waals surface area contributed by atoms with Gasteiger partial charge in [0, 0.05) is 18.7 Å². The average molecular weight is 219 g/mol. The maximum Gasteiger partial charge on any atom is 0.123 e. The molecule has 1 fully saturated rings. The molecule has 1 heterocycles. The molecular formula is C14H21NO. The Balaban J connectivity index is 2.02. The second-order valence-electron chi connectivity index (χ2n) is 4.79. The van der Waals surface area contributed by atoms with E-state index in [0.717, 1.165) is 18.2 Å². The summed E-state index contributed by atoms with van der Waals surface area (Å²) in [5, 5.41) is 0. The van der Waals surface area contributed by atoms with Crippen molar-refractivity contribution in [1.29, 1.82) is 0 Å². The van der Waals surface area contributed by atoms with E-state index in [2.05, 4.69) is 24.0 Å². The molecule has 1 atom stereocenters. The van der Waals surface area contributed by atoms with Gasteiger partial charge in [-0.05, 0) is 31.4 Å². The summed E-state index contributed by atoms with van der Waals surface area (Å²) in [5.41, 5.74) is 1.30. The van der Waals surface area contributed by atoms with Gasteiger partial charge in [0.2, 0.25) is 0 Å². The van der Waals surface area contributed by atoms with Crippen LogP contribution in [0.2, 0.25) is 0 Å². The maximum absolute atomic E-state index is 5.39. The Kier molecular flexibility index (Phi) is 3.83. The molecule has 2 nitrogen and oxygen atoms in total. The summed E-state index contributed by atoms with van der Waals surface area (Å²) in [6, 6.07) is 8.33. The lowest BCUT2D eigenvalue weighted by atomic mass is 10.00. The molecule has 0 spiro atoms. The van der Waals surface area contributed by atoms with Gasteiger partial charge in [-0.25, -0.2) is 0 Å². The van der Waals surface area contributed by atoms with Crippen molar-refractivity contribution in [1.82, 2.24) is 4.90 Å². The van der Waals surface area contributed by atoms with E-state index < -0.39 is 0 Å². The molecule has 0 aliphatic carbocycles. The number of para-hydroxylation sites is 1. The SMILES string of the molecule is COc1ccccc1CN1CCC[C@@H](C)C1. The van der Waals surface area contributed by atoms with Crippen molar-refractivity contribution >= 4 is 0 Å². The van der Waals surface area contributed by atoms with Gasteiger partial charge < -0.3 is 4.74 Å². The number of benzene rings is 1. The Bertz CT molecular complexity index is 337. The molecule has 0 bridgehead atoms. The molecule has 0 saturated carbocycles. The van der Waals surface area contributed by atoms with E-state index >= 15 is 0 Å². The summed E-state index contributed by atoms with van der Waals surface area (Å²) in [6.45, 7) is 5.81. The van der Waals surface area contributed by atoms with Crippen molar-refractivity contribution < 1.29 is 4.74 Å². The predicted molar refractivity (Wildman–Crippen MR) is 66.7 cm³/mol. The molecule has 2 rings (SSSR count). The Morgan fingerprint density at radius 2 is 2.19 bits per heavy atom. The molecular weight excluding hydrogens is 198 g/mol. The Morgan fingerprint density at radius 3 is 2.94 bits per heavy atom. The van der Waals surface area contributed by atoms with Crippen LogP contribution in [0, 0.1) is 5.92 Å². The maximum atomic E-state index is 5.39. The Morgan fingerprint density at radius 1 is 1.38 bits per heavy atom. The van der Waals surface area contributed by atoms with Gasteiger partial charge in [0.05, 0.1) is 7.11 Å². The van der Waals surface area contributed by atoms with Gasteiger partial charge >= 0.3 is 0 Å². The monoisotopic (exact) mass is 219 g/mol. The molecule has 1 aromatic rings. The van der Waals surface area contributed by atoms with Crippen LogP contribution in [-0.4, -0.2) is 25.1 Å². The normalized spacial score (nSPS) is 22.0. The van der Waals surface area contributed by atoms with E-state index in [1.165, 1.54) is 31.5 Å². The molecule has 1 saturated heterocycles. The highest BCUT2D eigenvalue weighted by molar-refractivity contribution is 5.33. The van der Waals surface area contributed by atoms with Crippen LogP contribution in [0.4, 0.5) is 0 Å². The number of rotatable bonds is 3. The van der Waals surface area contributed by atoms with E-state index in [0.29, 0.717) is 0 Å².